The van der Waals surface area contributed by atoms with Crippen molar-refractivity contribution in [3.05, 3.63) is 47.2 Å². The summed E-state index contributed by atoms with van der Waals surface area (Å²) in [7, 11) is 0. The Morgan fingerprint density at radius 1 is 1.18 bits per heavy atom. The van der Waals surface area contributed by atoms with E-state index < -0.39 is 5.92 Å². The molecule has 2 aliphatic heterocycles. The molecule has 0 atom stereocenters. The number of nitrogens with zero attached hydrogens (tertiary/aromatic N) is 6. The first-order valence-electron chi connectivity index (χ1n) is 13.9. The van der Waals surface area contributed by atoms with Crippen molar-refractivity contribution in [2.75, 3.05) is 32.7 Å². The number of tetrazole rings is 1. The molecule has 39 heavy (non-hydrogen) atoms. The van der Waals surface area contributed by atoms with Gasteiger partial charge in [-0.25, -0.2) is 8.78 Å². The number of hydrogen-bond acceptors (Lipinski definition) is 5. The minimum Gasteiger partial charge on any atom is -0.354 e. The van der Waals surface area contributed by atoms with E-state index in [9.17, 15) is 13.6 Å². The van der Waals surface area contributed by atoms with E-state index >= 15 is 0 Å². The van der Waals surface area contributed by atoms with E-state index in [1.54, 1.807) is 9.42 Å². The van der Waals surface area contributed by atoms with Gasteiger partial charge in [-0.15, -0.1) is 5.10 Å². The number of likely N-dealkylation sites (tertiary alicyclic amines) is 2. The topological polar surface area (TPSA) is 82.4 Å². The number of piperidine rings is 1. The largest absolute Gasteiger partial charge is 0.354 e. The monoisotopic (exact) mass is 535 g/mol. The summed E-state index contributed by atoms with van der Waals surface area (Å²) >= 11 is 0. The highest BCUT2D eigenvalue weighted by Gasteiger charge is 2.38. The highest BCUT2D eigenvalue weighted by Crippen LogP contribution is 2.38. The van der Waals surface area contributed by atoms with Crippen molar-refractivity contribution in [3.63, 3.8) is 0 Å². The number of nitrogens with one attached hydrogen (secondary N) is 1. The van der Waals surface area contributed by atoms with Crippen LogP contribution < -0.4 is 0 Å². The second-order valence-corrected chi connectivity index (χ2v) is 11.5. The zero-order chi connectivity index (χ0) is 27.3. The molecular formula is C29H35F2N7O. The lowest BCUT2D eigenvalue weighted by atomic mass is 9.87. The van der Waals surface area contributed by atoms with Gasteiger partial charge in [-0.05, 0) is 76.9 Å². The van der Waals surface area contributed by atoms with E-state index in [0.29, 0.717) is 44.4 Å². The van der Waals surface area contributed by atoms with Crippen LogP contribution in [0.3, 0.4) is 0 Å². The molecule has 206 valence electrons. The number of benzene rings is 1. The van der Waals surface area contributed by atoms with E-state index in [0.717, 1.165) is 40.8 Å². The summed E-state index contributed by atoms with van der Waals surface area (Å²) in [6.45, 7) is 8.43. The second-order valence-electron chi connectivity index (χ2n) is 11.5. The van der Waals surface area contributed by atoms with Crippen LogP contribution in [0.25, 0.3) is 27.8 Å². The maximum Gasteiger partial charge on any atom is 0.261 e. The van der Waals surface area contributed by atoms with Crippen molar-refractivity contribution < 1.29 is 13.6 Å². The van der Waals surface area contributed by atoms with Crippen LogP contribution in [0, 0.1) is 6.92 Å². The Labute approximate surface area is 226 Å². The number of amides is 1. The molecule has 1 aromatic carbocycles. The van der Waals surface area contributed by atoms with Crippen LogP contribution in [0.15, 0.2) is 30.5 Å². The predicted molar refractivity (Wildman–Crippen MR) is 146 cm³/mol. The van der Waals surface area contributed by atoms with Gasteiger partial charge in [0.05, 0.1) is 12.2 Å². The van der Waals surface area contributed by atoms with E-state index in [1.807, 2.05) is 18.0 Å². The van der Waals surface area contributed by atoms with Gasteiger partial charge in [0, 0.05) is 61.7 Å². The summed E-state index contributed by atoms with van der Waals surface area (Å²) in [6.07, 6.45) is 3.99. The fourth-order valence-corrected chi connectivity index (χ4v) is 6.33. The lowest BCUT2D eigenvalue weighted by Crippen LogP contribution is -2.39. The Bertz CT molecular complexity index is 1520. The smallest absolute Gasteiger partial charge is 0.261 e. The molecule has 3 aromatic heterocycles. The number of hydrogen-bond donors (Lipinski definition) is 1. The van der Waals surface area contributed by atoms with Crippen LogP contribution in [0.2, 0.25) is 0 Å². The van der Waals surface area contributed by atoms with E-state index in [-0.39, 0.29) is 18.9 Å². The third-order valence-corrected chi connectivity index (χ3v) is 8.42. The fourth-order valence-electron chi connectivity index (χ4n) is 6.33. The Kier molecular flexibility index (Phi) is 6.61. The Balaban J connectivity index is 1.17. The minimum atomic E-state index is -2.61. The second kappa shape index (κ2) is 9.97. The van der Waals surface area contributed by atoms with Gasteiger partial charge in [0.2, 0.25) is 5.91 Å². The molecule has 0 aliphatic carbocycles. The molecule has 8 nitrogen and oxygen atoms in total. The Hall–Kier alpha value is -3.40. The van der Waals surface area contributed by atoms with E-state index in [4.69, 9.17) is 0 Å². The third kappa shape index (κ3) is 5.02. The summed E-state index contributed by atoms with van der Waals surface area (Å²) in [6, 6.07) is 8.83. The molecule has 2 aliphatic rings. The van der Waals surface area contributed by atoms with Crippen molar-refractivity contribution in [1.82, 2.24) is 34.8 Å². The molecule has 6 rings (SSSR count). The molecule has 4 aromatic rings. The summed E-state index contributed by atoms with van der Waals surface area (Å²) in [4.78, 5) is 20.0. The van der Waals surface area contributed by atoms with Crippen LogP contribution >= 0.6 is 0 Å². The summed E-state index contributed by atoms with van der Waals surface area (Å²) in [5, 5.41) is 13.2. The molecule has 10 heteroatoms. The molecule has 0 spiro atoms. The number of pyridine rings is 1. The molecule has 5 heterocycles. The zero-order valence-electron chi connectivity index (χ0n) is 22.8. The molecule has 0 saturated carbocycles. The van der Waals surface area contributed by atoms with Gasteiger partial charge in [0.15, 0.2) is 5.65 Å². The van der Waals surface area contributed by atoms with Gasteiger partial charge in [0.1, 0.15) is 0 Å². The summed E-state index contributed by atoms with van der Waals surface area (Å²) in [5.74, 6) is -1.84. The highest BCUT2D eigenvalue weighted by molar-refractivity contribution is 5.92. The predicted octanol–water partition coefficient (Wildman–Crippen LogP) is 5.14. The minimum absolute atomic E-state index is 0.0753. The Morgan fingerprint density at radius 2 is 1.97 bits per heavy atom. The number of aryl methyl sites for hydroxylation is 1. The van der Waals surface area contributed by atoms with Crippen molar-refractivity contribution in [2.24, 2.45) is 0 Å². The van der Waals surface area contributed by atoms with Crippen LogP contribution in [-0.4, -0.2) is 79.4 Å². The third-order valence-electron chi connectivity index (χ3n) is 8.42. The fraction of sp³-hybridized carbons (Fsp3) is 0.517. The number of rotatable bonds is 6. The maximum atomic E-state index is 13.4. The standard InChI is InChI=1S/C29H35F2N7O/c1-18(2)26-23-15-21(4-5-24(23)32-27(26)22-14-19(3)28-33-34-35-38(28)16-22)20-6-11-37(12-7-20)25(39)8-10-36-13-9-29(30,31)17-36/h4-5,14-16,18,20,32H,6-13,17H2,1-3H3. The van der Waals surface area contributed by atoms with Crippen LogP contribution in [-0.2, 0) is 4.79 Å². The lowest BCUT2D eigenvalue weighted by molar-refractivity contribution is -0.132. The van der Waals surface area contributed by atoms with Gasteiger partial charge in [0.25, 0.3) is 5.92 Å². The van der Waals surface area contributed by atoms with Gasteiger partial charge in [-0.2, -0.15) is 4.52 Å². The molecule has 0 unspecified atom stereocenters. The maximum absolute atomic E-state index is 13.4. The molecule has 2 fully saturated rings. The quantitative estimate of drug-likeness (QED) is 0.370. The molecule has 1 amide bonds. The average Bonchev–Trinajstić information content (AvgIpc) is 3.63. The summed E-state index contributed by atoms with van der Waals surface area (Å²) in [5.41, 5.74) is 7.60. The van der Waals surface area contributed by atoms with Crippen molar-refractivity contribution in [2.45, 2.75) is 64.2 Å². The number of fused-ring (bicyclic) bond motifs is 2. The number of alkyl halides is 2. The zero-order valence-corrected chi connectivity index (χ0v) is 22.8. The van der Waals surface area contributed by atoms with Gasteiger partial charge < -0.3 is 9.88 Å². The van der Waals surface area contributed by atoms with Gasteiger partial charge >= 0.3 is 0 Å². The van der Waals surface area contributed by atoms with E-state index in [1.165, 1.54) is 16.5 Å². The van der Waals surface area contributed by atoms with Crippen molar-refractivity contribution >= 4 is 22.5 Å². The van der Waals surface area contributed by atoms with Gasteiger partial charge in [-0.3, -0.25) is 9.69 Å². The SMILES string of the molecule is Cc1cc(-c2[nH]c3ccc(C4CCN(C(=O)CCN5CCC(F)(F)C5)CC4)cc3c2C(C)C)cn2nnnc12. The van der Waals surface area contributed by atoms with Crippen LogP contribution in [0.1, 0.15) is 68.1 Å². The molecule has 2 saturated heterocycles. The number of carbonyl (C=O) groups is 1. The molecule has 0 radical (unpaired) electrons. The van der Waals surface area contributed by atoms with Crippen LogP contribution in [0.4, 0.5) is 8.78 Å². The normalized spacial score (nSPS) is 18.7. The Morgan fingerprint density at radius 3 is 2.69 bits per heavy atom. The number of aromatic amines is 1. The van der Waals surface area contributed by atoms with Crippen molar-refractivity contribution in [3.8, 4) is 11.3 Å². The molecule has 1 N–H and O–H groups in total. The first-order valence-corrected chi connectivity index (χ1v) is 13.9. The number of H-pyrrole nitrogens is 1. The van der Waals surface area contributed by atoms with Crippen molar-refractivity contribution in [1.29, 1.82) is 0 Å². The number of aromatic nitrogens is 5. The first kappa shape index (κ1) is 25.9. The molecular weight excluding hydrogens is 500 g/mol. The number of carbonyl (C=O) groups excluding carboxylic acids is 1. The van der Waals surface area contributed by atoms with Crippen LogP contribution in [0.5, 0.6) is 0 Å². The highest BCUT2D eigenvalue weighted by atomic mass is 19.3. The van der Waals surface area contributed by atoms with E-state index in [2.05, 4.69) is 58.6 Å². The summed E-state index contributed by atoms with van der Waals surface area (Å²) < 4.78 is 28.6. The number of halogens is 2. The van der Waals surface area contributed by atoms with Gasteiger partial charge in [-0.1, -0.05) is 19.9 Å². The lowest BCUT2D eigenvalue weighted by Gasteiger charge is -2.33. The first-order chi connectivity index (χ1) is 18.7. The average molecular weight is 536 g/mol. The molecule has 0 bridgehead atoms.